The van der Waals surface area contributed by atoms with E-state index in [-0.39, 0.29) is 0 Å². The lowest BCUT2D eigenvalue weighted by Gasteiger charge is -2.33. The molecule has 0 spiro atoms. The minimum Gasteiger partial charge on any atom is -0.397 e. The van der Waals surface area contributed by atoms with Crippen LogP contribution in [-0.2, 0) is 4.74 Å². The summed E-state index contributed by atoms with van der Waals surface area (Å²) in [6.07, 6.45) is 2.02. The van der Waals surface area contributed by atoms with Crippen molar-refractivity contribution in [3.05, 3.63) is 22.2 Å². The molecule has 0 amide bonds. The number of ether oxygens (including phenoxy) is 1. The molecule has 0 radical (unpaired) electrons. The second-order valence-corrected chi connectivity index (χ2v) is 5.09. The highest BCUT2D eigenvalue weighted by Gasteiger charge is 2.20. The summed E-state index contributed by atoms with van der Waals surface area (Å²) in [5.41, 5.74) is 7.58. The van der Waals surface area contributed by atoms with E-state index in [9.17, 15) is 0 Å². The number of nitrogens with zero attached hydrogens (tertiary/aromatic N) is 1. The van der Waals surface area contributed by atoms with Crippen LogP contribution in [0.2, 0.25) is 10.0 Å². The Hall–Kier alpha value is -0.640. The number of nitrogens with two attached hydrogens (primary N) is 1. The van der Waals surface area contributed by atoms with E-state index in [1.165, 1.54) is 0 Å². The minimum absolute atomic E-state index is 0.447. The van der Waals surface area contributed by atoms with Gasteiger partial charge in [-0.05, 0) is 25.0 Å². The van der Waals surface area contributed by atoms with E-state index in [4.69, 9.17) is 33.7 Å². The van der Waals surface area contributed by atoms with Crippen LogP contribution in [0, 0.1) is 0 Å². The van der Waals surface area contributed by atoms with Gasteiger partial charge in [0.25, 0.3) is 0 Å². The number of anilines is 2. The quantitative estimate of drug-likeness (QED) is 0.842. The third-order valence-electron chi connectivity index (χ3n) is 3.19. The molecule has 17 heavy (non-hydrogen) atoms. The summed E-state index contributed by atoms with van der Waals surface area (Å²) >= 11 is 12.0. The molecule has 0 aromatic heterocycles. The monoisotopic (exact) mass is 274 g/mol. The predicted molar refractivity (Wildman–Crippen MR) is 73.1 cm³/mol. The van der Waals surface area contributed by atoms with Crippen LogP contribution in [-0.4, -0.2) is 26.3 Å². The van der Waals surface area contributed by atoms with Crippen molar-refractivity contribution < 1.29 is 4.74 Å². The Morgan fingerprint density at radius 1 is 1.24 bits per heavy atom. The van der Waals surface area contributed by atoms with Crippen molar-refractivity contribution in [1.82, 2.24) is 0 Å². The van der Waals surface area contributed by atoms with E-state index < -0.39 is 0 Å². The molecule has 94 valence electrons. The fourth-order valence-electron chi connectivity index (χ4n) is 2.13. The number of hydrogen-bond donors (Lipinski definition) is 1. The average molecular weight is 275 g/mol. The van der Waals surface area contributed by atoms with Gasteiger partial charge >= 0.3 is 0 Å². The molecule has 3 nitrogen and oxygen atoms in total. The van der Waals surface area contributed by atoms with Crippen molar-refractivity contribution in [2.24, 2.45) is 0 Å². The fourth-order valence-corrected chi connectivity index (χ4v) is 2.46. The lowest BCUT2D eigenvalue weighted by Crippen LogP contribution is -2.37. The summed E-state index contributed by atoms with van der Waals surface area (Å²) in [4.78, 5) is 2.17. The van der Waals surface area contributed by atoms with Gasteiger partial charge in [-0.2, -0.15) is 0 Å². The lowest BCUT2D eigenvalue weighted by atomic mass is 10.1. The largest absolute Gasteiger partial charge is 0.397 e. The molecule has 0 atom stereocenters. The molecule has 1 aromatic rings. The van der Waals surface area contributed by atoms with Gasteiger partial charge in [0.15, 0.2) is 0 Å². The molecule has 5 heteroatoms. The molecule has 0 saturated carbocycles. The SMILES string of the molecule is CN(c1cc(Cl)c(Cl)cc1N)C1CCOCC1. The smallest absolute Gasteiger partial charge is 0.0615 e. The first-order valence-electron chi connectivity index (χ1n) is 5.64. The fraction of sp³-hybridized carbons (Fsp3) is 0.500. The van der Waals surface area contributed by atoms with E-state index in [1.54, 1.807) is 6.07 Å². The van der Waals surface area contributed by atoms with Crippen LogP contribution in [0.3, 0.4) is 0 Å². The highest BCUT2D eigenvalue weighted by atomic mass is 35.5. The van der Waals surface area contributed by atoms with Gasteiger partial charge in [-0.1, -0.05) is 23.2 Å². The molecule has 1 aliphatic heterocycles. The molecule has 1 aliphatic rings. The Bertz CT molecular complexity index is 406. The van der Waals surface area contributed by atoms with E-state index in [0.717, 1.165) is 31.7 Å². The summed E-state index contributed by atoms with van der Waals surface area (Å²) < 4.78 is 5.35. The normalized spacial score (nSPS) is 17.1. The number of benzene rings is 1. The van der Waals surface area contributed by atoms with Gasteiger partial charge < -0.3 is 15.4 Å². The zero-order chi connectivity index (χ0) is 12.4. The van der Waals surface area contributed by atoms with Crippen LogP contribution < -0.4 is 10.6 Å². The van der Waals surface area contributed by atoms with Gasteiger partial charge in [0.1, 0.15) is 0 Å². The Balaban J connectivity index is 2.23. The van der Waals surface area contributed by atoms with Crippen LogP contribution >= 0.6 is 23.2 Å². The van der Waals surface area contributed by atoms with Gasteiger partial charge in [0, 0.05) is 26.3 Å². The molecule has 1 fully saturated rings. The highest BCUT2D eigenvalue weighted by molar-refractivity contribution is 6.42. The number of nitrogen functional groups attached to an aromatic ring is 1. The molecule has 0 bridgehead atoms. The molecule has 2 N–H and O–H groups in total. The van der Waals surface area contributed by atoms with Gasteiger partial charge in [0.05, 0.1) is 21.4 Å². The number of halogens is 2. The van der Waals surface area contributed by atoms with E-state index >= 15 is 0 Å². The maximum atomic E-state index is 6.03. The summed E-state index contributed by atoms with van der Waals surface area (Å²) in [5, 5.41) is 1.03. The summed E-state index contributed by atoms with van der Waals surface area (Å²) in [6, 6.07) is 3.98. The van der Waals surface area contributed by atoms with Crippen LogP contribution in [0.4, 0.5) is 11.4 Å². The van der Waals surface area contributed by atoms with Gasteiger partial charge in [-0.15, -0.1) is 0 Å². The summed E-state index contributed by atoms with van der Waals surface area (Å²) in [5.74, 6) is 0. The molecular formula is C12H16Cl2N2O. The predicted octanol–water partition coefficient (Wildman–Crippen LogP) is 3.19. The summed E-state index contributed by atoms with van der Waals surface area (Å²) in [7, 11) is 2.03. The first-order valence-corrected chi connectivity index (χ1v) is 6.40. The Morgan fingerprint density at radius 3 is 2.47 bits per heavy atom. The second-order valence-electron chi connectivity index (χ2n) is 4.28. The first-order chi connectivity index (χ1) is 8.09. The van der Waals surface area contributed by atoms with Crippen molar-refractivity contribution >= 4 is 34.6 Å². The maximum Gasteiger partial charge on any atom is 0.0615 e. The van der Waals surface area contributed by atoms with Crippen molar-refractivity contribution in [1.29, 1.82) is 0 Å². The average Bonchev–Trinajstić information content (AvgIpc) is 2.34. The Kier molecular flexibility index (Phi) is 4.02. The van der Waals surface area contributed by atoms with E-state index in [0.29, 0.717) is 21.8 Å². The Labute approximate surface area is 111 Å². The van der Waals surface area contributed by atoms with Crippen molar-refractivity contribution in [2.75, 3.05) is 30.9 Å². The van der Waals surface area contributed by atoms with Gasteiger partial charge in [0.2, 0.25) is 0 Å². The third-order valence-corrected chi connectivity index (χ3v) is 3.91. The van der Waals surface area contributed by atoms with Crippen LogP contribution in [0.25, 0.3) is 0 Å². The third kappa shape index (κ3) is 2.79. The number of hydrogen-bond acceptors (Lipinski definition) is 3. The molecule has 1 heterocycles. The van der Waals surface area contributed by atoms with Crippen LogP contribution in [0.1, 0.15) is 12.8 Å². The molecule has 0 aliphatic carbocycles. The highest BCUT2D eigenvalue weighted by Crippen LogP contribution is 2.34. The van der Waals surface area contributed by atoms with Crippen LogP contribution in [0.15, 0.2) is 12.1 Å². The standard InChI is InChI=1S/C12H16Cl2N2O/c1-16(8-2-4-17-5-3-8)12-7-10(14)9(13)6-11(12)15/h6-8H,2-5,15H2,1H3. The van der Waals surface area contributed by atoms with Crippen molar-refractivity contribution in [3.8, 4) is 0 Å². The summed E-state index contributed by atoms with van der Waals surface area (Å²) in [6.45, 7) is 1.60. The maximum absolute atomic E-state index is 6.03. The van der Waals surface area contributed by atoms with Crippen molar-refractivity contribution in [2.45, 2.75) is 18.9 Å². The Morgan fingerprint density at radius 2 is 1.82 bits per heavy atom. The lowest BCUT2D eigenvalue weighted by molar-refractivity contribution is 0.0855. The van der Waals surface area contributed by atoms with Crippen molar-refractivity contribution in [3.63, 3.8) is 0 Å². The van der Waals surface area contributed by atoms with Gasteiger partial charge in [-0.25, -0.2) is 0 Å². The minimum atomic E-state index is 0.447. The zero-order valence-electron chi connectivity index (χ0n) is 9.75. The molecule has 1 aromatic carbocycles. The second kappa shape index (κ2) is 5.34. The van der Waals surface area contributed by atoms with E-state index in [2.05, 4.69) is 4.90 Å². The first kappa shape index (κ1) is 12.8. The molecule has 1 saturated heterocycles. The molecule has 0 unspecified atom stereocenters. The number of rotatable bonds is 2. The van der Waals surface area contributed by atoms with Crippen LogP contribution in [0.5, 0.6) is 0 Å². The topological polar surface area (TPSA) is 38.5 Å². The van der Waals surface area contributed by atoms with Gasteiger partial charge in [-0.3, -0.25) is 0 Å². The molecule has 2 rings (SSSR count). The molecular weight excluding hydrogens is 259 g/mol. The zero-order valence-corrected chi connectivity index (χ0v) is 11.3. The van der Waals surface area contributed by atoms with E-state index in [1.807, 2.05) is 13.1 Å².